The van der Waals surface area contributed by atoms with Crippen LogP contribution >= 0.6 is 11.6 Å². The van der Waals surface area contributed by atoms with Crippen LogP contribution in [-0.4, -0.2) is 30.1 Å². The molecular weight excluding hydrogens is 280 g/mol. The molecule has 0 aliphatic carbocycles. The van der Waals surface area contributed by atoms with Gasteiger partial charge in [0.15, 0.2) is 6.04 Å². The third-order valence-electron chi connectivity index (χ3n) is 3.66. The van der Waals surface area contributed by atoms with Crippen molar-refractivity contribution in [2.75, 3.05) is 13.1 Å². The number of amides is 1. The van der Waals surface area contributed by atoms with Crippen LogP contribution in [0.1, 0.15) is 24.9 Å². The van der Waals surface area contributed by atoms with E-state index in [-0.39, 0.29) is 5.91 Å². The zero-order valence-corrected chi connectivity index (χ0v) is 11.9. The van der Waals surface area contributed by atoms with Gasteiger partial charge < -0.3 is 15.7 Å². The standard InChI is InChI=1S/C14H17ClN2O3/c1-14(6-7-16-8-14)13(20)17-11(12(18)19)9-4-2-3-5-10(9)15/h2-5,11,16H,6-8H2,1H3,(H,17,20)(H,18,19)/t11-,14?/m1/s1. The second-order valence-electron chi connectivity index (χ2n) is 5.25. The van der Waals surface area contributed by atoms with Crippen molar-refractivity contribution >= 4 is 23.5 Å². The van der Waals surface area contributed by atoms with Crippen molar-refractivity contribution in [1.82, 2.24) is 10.6 Å². The highest BCUT2D eigenvalue weighted by molar-refractivity contribution is 6.31. The molecule has 1 saturated heterocycles. The van der Waals surface area contributed by atoms with Crippen LogP contribution in [0.25, 0.3) is 0 Å². The van der Waals surface area contributed by atoms with Gasteiger partial charge in [-0.1, -0.05) is 29.8 Å². The van der Waals surface area contributed by atoms with Crippen LogP contribution in [0.2, 0.25) is 5.02 Å². The molecule has 1 aromatic carbocycles. The molecule has 1 amide bonds. The number of carbonyl (C=O) groups excluding carboxylic acids is 1. The minimum atomic E-state index is -1.13. The molecule has 20 heavy (non-hydrogen) atoms. The Kier molecular flexibility index (Phi) is 4.30. The number of halogens is 1. The Balaban J connectivity index is 2.21. The van der Waals surface area contributed by atoms with Gasteiger partial charge in [-0.15, -0.1) is 0 Å². The molecule has 3 N–H and O–H groups in total. The molecule has 108 valence electrons. The molecule has 1 fully saturated rings. The summed E-state index contributed by atoms with van der Waals surface area (Å²) in [4.78, 5) is 23.7. The van der Waals surface area contributed by atoms with E-state index < -0.39 is 17.4 Å². The summed E-state index contributed by atoms with van der Waals surface area (Å²) in [6.07, 6.45) is 0.688. The lowest BCUT2D eigenvalue weighted by molar-refractivity contribution is -0.143. The number of carbonyl (C=O) groups is 2. The lowest BCUT2D eigenvalue weighted by atomic mass is 9.88. The van der Waals surface area contributed by atoms with E-state index in [1.54, 1.807) is 24.3 Å². The molecule has 0 bridgehead atoms. The number of aliphatic carboxylic acids is 1. The van der Waals surface area contributed by atoms with Gasteiger partial charge in [-0.05, 0) is 26.0 Å². The third kappa shape index (κ3) is 2.94. The van der Waals surface area contributed by atoms with Crippen LogP contribution < -0.4 is 10.6 Å². The highest BCUT2D eigenvalue weighted by Gasteiger charge is 2.38. The molecule has 2 rings (SSSR count). The SMILES string of the molecule is CC1(C(=O)N[C@@H](C(=O)O)c2ccccc2Cl)CCNC1. The Morgan fingerprint density at radius 3 is 2.70 bits per heavy atom. The number of nitrogens with one attached hydrogen (secondary N) is 2. The van der Waals surface area contributed by atoms with Crippen LogP contribution in [0.5, 0.6) is 0 Å². The van der Waals surface area contributed by atoms with Crippen LogP contribution in [-0.2, 0) is 9.59 Å². The van der Waals surface area contributed by atoms with Crippen LogP contribution in [0, 0.1) is 5.41 Å². The summed E-state index contributed by atoms with van der Waals surface area (Å²) in [6, 6.07) is 5.50. The Bertz CT molecular complexity index is 527. The van der Waals surface area contributed by atoms with Crippen molar-refractivity contribution < 1.29 is 14.7 Å². The zero-order chi connectivity index (χ0) is 14.8. The van der Waals surface area contributed by atoms with Gasteiger partial charge >= 0.3 is 5.97 Å². The van der Waals surface area contributed by atoms with Crippen molar-refractivity contribution in [3.63, 3.8) is 0 Å². The molecule has 1 aromatic rings. The first kappa shape index (κ1) is 14.8. The zero-order valence-electron chi connectivity index (χ0n) is 11.1. The summed E-state index contributed by atoms with van der Waals surface area (Å²) in [5.74, 6) is -1.39. The fraction of sp³-hybridized carbons (Fsp3) is 0.429. The summed E-state index contributed by atoms with van der Waals surface area (Å²) < 4.78 is 0. The summed E-state index contributed by atoms with van der Waals surface area (Å²) in [6.45, 7) is 3.13. The maximum Gasteiger partial charge on any atom is 0.330 e. The average molecular weight is 297 g/mol. The van der Waals surface area contributed by atoms with Gasteiger partial charge in [0.05, 0.1) is 5.41 Å². The minimum Gasteiger partial charge on any atom is -0.479 e. The average Bonchev–Trinajstić information content (AvgIpc) is 2.85. The molecule has 5 nitrogen and oxygen atoms in total. The lowest BCUT2D eigenvalue weighted by Gasteiger charge is -2.25. The van der Waals surface area contributed by atoms with E-state index >= 15 is 0 Å². The minimum absolute atomic E-state index is 0.269. The predicted octanol–water partition coefficient (Wildman–Crippen LogP) is 1.58. The number of carboxylic acids is 1. The van der Waals surface area contributed by atoms with Gasteiger partial charge in [0, 0.05) is 17.1 Å². The molecule has 1 aliphatic rings. The smallest absolute Gasteiger partial charge is 0.330 e. The van der Waals surface area contributed by atoms with Crippen molar-refractivity contribution in [2.45, 2.75) is 19.4 Å². The van der Waals surface area contributed by atoms with E-state index in [2.05, 4.69) is 10.6 Å². The maximum atomic E-state index is 12.3. The van der Waals surface area contributed by atoms with Gasteiger partial charge in [0.2, 0.25) is 5.91 Å². The molecule has 1 unspecified atom stereocenters. The van der Waals surface area contributed by atoms with Gasteiger partial charge in [-0.25, -0.2) is 4.79 Å². The van der Waals surface area contributed by atoms with Crippen LogP contribution in [0.4, 0.5) is 0 Å². The molecule has 1 aliphatic heterocycles. The van der Waals surface area contributed by atoms with Crippen LogP contribution in [0.3, 0.4) is 0 Å². The summed E-state index contributed by atoms with van der Waals surface area (Å²) in [5.41, 5.74) is -0.181. The fourth-order valence-electron chi connectivity index (χ4n) is 2.30. The van der Waals surface area contributed by atoms with Crippen molar-refractivity contribution in [3.05, 3.63) is 34.9 Å². The summed E-state index contributed by atoms with van der Waals surface area (Å²) in [7, 11) is 0. The summed E-state index contributed by atoms with van der Waals surface area (Å²) in [5, 5.41) is 15.4. The molecule has 0 spiro atoms. The highest BCUT2D eigenvalue weighted by atomic mass is 35.5. The number of hydrogen-bond acceptors (Lipinski definition) is 3. The lowest BCUT2D eigenvalue weighted by Crippen LogP contribution is -2.44. The third-order valence-corrected chi connectivity index (χ3v) is 4.00. The van der Waals surface area contributed by atoms with Crippen molar-refractivity contribution in [2.24, 2.45) is 5.41 Å². The normalized spacial score (nSPS) is 23.3. The second kappa shape index (κ2) is 5.81. The predicted molar refractivity (Wildman–Crippen MR) is 75.6 cm³/mol. The van der Waals surface area contributed by atoms with E-state index in [1.165, 1.54) is 0 Å². The van der Waals surface area contributed by atoms with E-state index in [0.29, 0.717) is 23.6 Å². The first-order chi connectivity index (χ1) is 9.44. The molecule has 2 atom stereocenters. The first-order valence-electron chi connectivity index (χ1n) is 6.43. The molecule has 0 radical (unpaired) electrons. The van der Waals surface area contributed by atoms with E-state index in [9.17, 15) is 14.7 Å². The maximum absolute atomic E-state index is 12.3. The van der Waals surface area contributed by atoms with Gasteiger partial charge in [0.1, 0.15) is 0 Å². The number of benzene rings is 1. The molecule has 0 aromatic heterocycles. The largest absolute Gasteiger partial charge is 0.479 e. The first-order valence-corrected chi connectivity index (χ1v) is 6.81. The van der Waals surface area contributed by atoms with E-state index in [4.69, 9.17) is 11.6 Å². The van der Waals surface area contributed by atoms with Gasteiger partial charge in [-0.2, -0.15) is 0 Å². The topological polar surface area (TPSA) is 78.4 Å². The Hall–Kier alpha value is -1.59. The quantitative estimate of drug-likeness (QED) is 0.788. The number of hydrogen-bond donors (Lipinski definition) is 3. The van der Waals surface area contributed by atoms with Crippen molar-refractivity contribution in [1.29, 1.82) is 0 Å². The monoisotopic (exact) mass is 296 g/mol. The Labute approximate surface area is 122 Å². The summed E-state index contributed by atoms with van der Waals surface area (Å²) >= 11 is 6.01. The van der Waals surface area contributed by atoms with E-state index in [0.717, 1.165) is 6.54 Å². The number of rotatable bonds is 4. The van der Waals surface area contributed by atoms with Crippen molar-refractivity contribution in [3.8, 4) is 0 Å². The van der Waals surface area contributed by atoms with Crippen LogP contribution in [0.15, 0.2) is 24.3 Å². The Morgan fingerprint density at radius 1 is 1.45 bits per heavy atom. The van der Waals surface area contributed by atoms with E-state index in [1.807, 2.05) is 6.92 Å². The van der Waals surface area contributed by atoms with Gasteiger partial charge in [0.25, 0.3) is 0 Å². The number of carboxylic acid groups (broad SMARTS) is 1. The fourth-order valence-corrected chi connectivity index (χ4v) is 2.54. The molecule has 6 heteroatoms. The molecule has 1 heterocycles. The van der Waals surface area contributed by atoms with Gasteiger partial charge in [-0.3, -0.25) is 4.79 Å². The highest BCUT2D eigenvalue weighted by Crippen LogP contribution is 2.28. The molecular formula is C14H17ClN2O3. The Morgan fingerprint density at radius 2 is 2.15 bits per heavy atom. The second-order valence-corrected chi connectivity index (χ2v) is 5.66. The molecule has 0 saturated carbocycles.